The first-order chi connectivity index (χ1) is 10.1. The van der Waals surface area contributed by atoms with E-state index in [4.69, 9.17) is 10.5 Å². The lowest BCUT2D eigenvalue weighted by Crippen LogP contribution is -2.53. The largest absolute Gasteiger partial charge is 0.468 e. The molecule has 2 aliphatic rings. The van der Waals surface area contributed by atoms with Crippen molar-refractivity contribution in [2.24, 2.45) is 11.7 Å². The zero-order valence-corrected chi connectivity index (χ0v) is 13.0. The van der Waals surface area contributed by atoms with Gasteiger partial charge in [-0.2, -0.15) is 0 Å². The Morgan fingerprint density at radius 2 is 2.14 bits per heavy atom. The Morgan fingerprint density at radius 3 is 2.76 bits per heavy atom. The van der Waals surface area contributed by atoms with Gasteiger partial charge in [-0.3, -0.25) is 4.79 Å². The maximum atomic E-state index is 12.0. The van der Waals surface area contributed by atoms with Crippen LogP contribution in [0.25, 0.3) is 0 Å². The molecule has 3 rings (SSSR count). The topological polar surface area (TPSA) is 95.9 Å². The molecule has 0 amide bonds. The number of nitrogens with two attached hydrogens (primary N) is 1. The fourth-order valence-corrected chi connectivity index (χ4v) is 4.11. The smallest absolute Gasteiger partial charge is 0.327 e. The minimum Gasteiger partial charge on any atom is -0.468 e. The first kappa shape index (κ1) is 14.8. The number of ether oxygens (including phenoxy) is 1. The van der Waals surface area contributed by atoms with Gasteiger partial charge in [0.25, 0.3) is 0 Å². The molecule has 2 N–H and O–H groups in total. The summed E-state index contributed by atoms with van der Waals surface area (Å²) in [5, 5.41) is 12.7. The molecule has 0 aromatic carbocycles. The molecule has 1 unspecified atom stereocenters. The predicted octanol–water partition coefficient (Wildman–Crippen LogP) is 1.16. The van der Waals surface area contributed by atoms with Crippen LogP contribution in [0.4, 0.5) is 0 Å². The van der Waals surface area contributed by atoms with Crippen molar-refractivity contribution in [2.75, 3.05) is 12.9 Å². The normalized spacial score (nSPS) is 22.2. The van der Waals surface area contributed by atoms with Gasteiger partial charge in [-0.1, -0.05) is 24.6 Å². The van der Waals surface area contributed by atoms with Gasteiger partial charge in [0, 0.05) is 5.75 Å². The second-order valence-electron chi connectivity index (χ2n) is 5.94. The number of rotatable bonds is 6. The van der Waals surface area contributed by atoms with Gasteiger partial charge >= 0.3 is 5.97 Å². The van der Waals surface area contributed by atoms with Crippen LogP contribution in [0.15, 0.2) is 5.16 Å². The lowest BCUT2D eigenvalue weighted by Gasteiger charge is -2.25. The molecule has 21 heavy (non-hydrogen) atoms. The number of nitrogens with zero attached hydrogens (tertiary/aromatic N) is 4. The lowest BCUT2D eigenvalue weighted by molar-refractivity contribution is -0.146. The monoisotopic (exact) mass is 311 g/mol. The Bertz CT molecular complexity index is 512. The van der Waals surface area contributed by atoms with Crippen LogP contribution in [-0.2, 0) is 9.53 Å². The summed E-state index contributed by atoms with van der Waals surface area (Å²) < 4.78 is 6.77. The van der Waals surface area contributed by atoms with E-state index in [1.54, 1.807) is 0 Å². The zero-order valence-electron chi connectivity index (χ0n) is 12.2. The molecule has 0 saturated heterocycles. The summed E-state index contributed by atoms with van der Waals surface area (Å²) in [4.78, 5) is 12.0. The van der Waals surface area contributed by atoms with Gasteiger partial charge in [-0.15, -0.1) is 5.10 Å². The minimum atomic E-state index is -0.925. The summed E-state index contributed by atoms with van der Waals surface area (Å²) in [7, 11) is 1.39. The standard InChI is InChI=1S/C13H21N5O2S/c1-20-11(19)13(14,9-6-7-9)8-21-12-15-16-17-18(12)10-4-2-3-5-10/h9-10H,2-8,14H2,1H3. The molecule has 1 aromatic heterocycles. The number of esters is 1. The van der Waals surface area contributed by atoms with Crippen LogP contribution in [0.5, 0.6) is 0 Å². The molecule has 2 fully saturated rings. The van der Waals surface area contributed by atoms with Gasteiger partial charge in [0.15, 0.2) is 0 Å². The number of methoxy groups -OCH3 is 1. The van der Waals surface area contributed by atoms with E-state index in [0.717, 1.165) is 30.8 Å². The van der Waals surface area contributed by atoms with Gasteiger partial charge in [-0.25, -0.2) is 4.68 Å². The van der Waals surface area contributed by atoms with Gasteiger partial charge < -0.3 is 10.5 Å². The van der Waals surface area contributed by atoms with Crippen LogP contribution in [-0.4, -0.2) is 44.6 Å². The van der Waals surface area contributed by atoms with E-state index in [1.165, 1.54) is 31.7 Å². The summed E-state index contributed by atoms with van der Waals surface area (Å²) >= 11 is 1.46. The zero-order chi connectivity index (χ0) is 14.9. The molecule has 2 saturated carbocycles. The molecule has 1 aromatic rings. The summed E-state index contributed by atoms with van der Waals surface area (Å²) in [6, 6.07) is 0.383. The molecule has 1 atom stereocenters. The Balaban J connectivity index is 1.69. The van der Waals surface area contributed by atoms with Crippen LogP contribution < -0.4 is 5.73 Å². The highest BCUT2D eigenvalue weighted by atomic mass is 32.2. The average Bonchev–Trinajstić information content (AvgIpc) is 3.03. The number of hydrogen-bond acceptors (Lipinski definition) is 7. The van der Waals surface area contributed by atoms with E-state index >= 15 is 0 Å². The van der Waals surface area contributed by atoms with E-state index in [9.17, 15) is 4.79 Å². The number of thioether (sulfide) groups is 1. The number of tetrazole rings is 1. The van der Waals surface area contributed by atoms with E-state index in [0.29, 0.717) is 11.8 Å². The molecule has 0 spiro atoms. The fourth-order valence-electron chi connectivity index (χ4n) is 2.97. The summed E-state index contributed by atoms with van der Waals surface area (Å²) in [6.45, 7) is 0. The van der Waals surface area contributed by atoms with Crippen molar-refractivity contribution >= 4 is 17.7 Å². The van der Waals surface area contributed by atoms with Crippen LogP contribution in [0, 0.1) is 5.92 Å². The van der Waals surface area contributed by atoms with Crippen molar-refractivity contribution < 1.29 is 9.53 Å². The number of hydrogen-bond donors (Lipinski definition) is 1. The highest BCUT2D eigenvalue weighted by Crippen LogP contribution is 2.41. The lowest BCUT2D eigenvalue weighted by atomic mass is 9.97. The Hall–Kier alpha value is -1.15. The second kappa shape index (κ2) is 5.92. The average molecular weight is 311 g/mol. The van der Waals surface area contributed by atoms with Crippen LogP contribution >= 0.6 is 11.8 Å². The molecule has 2 aliphatic carbocycles. The van der Waals surface area contributed by atoms with Crippen molar-refractivity contribution in [3.05, 3.63) is 0 Å². The Labute approximate surface area is 128 Å². The molecule has 7 nitrogen and oxygen atoms in total. The van der Waals surface area contributed by atoms with Crippen molar-refractivity contribution in [1.29, 1.82) is 0 Å². The molecule has 0 radical (unpaired) electrons. The molecule has 1 heterocycles. The van der Waals surface area contributed by atoms with Gasteiger partial charge in [0.05, 0.1) is 13.2 Å². The third-order valence-electron chi connectivity index (χ3n) is 4.44. The Morgan fingerprint density at radius 1 is 1.43 bits per heavy atom. The van der Waals surface area contributed by atoms with Crippen LogP contribution in [0.3, 0.4) is 0 Å². The van der Waals surface area contributed by atoms with Gasteiger partial charge in [-0.05, 0) is 42.0 Å². The van der Waals surface area contributed by atoms with Gasteiger partial charge in [0.2, 0.25) is 5.16 Å². The molecular formula is C13H21N5O2S. The van der Waals surface area contributed by atoms with Crippen LogP contribution in [0.1, 0.15) is 44.6 Å². The first-order valence-corrected chi connectivity index (χ1v) is 8.41. The van der Waals surface area contributed by atoms with E-state index in [-0.39, 0.29) is 11.9 Å². The molecule has 8 heteroatoms. The second-order valence-corrected chi connectivity index (χ2v) is 6.88. The maximum absolute atomic E-state index is 12.0. The summed E-state index contributed by atoms with van der Waals surface area (Å²) in [5.41, 5.74) is 5.38. The van der Waals surface area contributed by atoms with Crippen molar-refractivity contribution in [3.8, 4) is 0 Å². The third-order valence-corrected chi connectivity index (χ3v) is 5.59. The highest BCUT2D eigenvalue weighted by Gasteiger charge is 2.49. The molecular weight excluding hydrogens is 290 g/mol. The third kappa shape index (κ3) is 2.91. The van der Waals surface area contributed by atoms with Crippen molar-refractivity contribution in [3.63, 3.8) is 0 Å². The molecule has 0 bridgehead atoms. The quantitative estimate of drug-likeness (QED) is 0.622. The number of carbonyl (C=O) groups is 1. The van der Waals surface area contributed by atoms with E-state index in [2.05, 4.69) is 15.5 Å². The minimum absolute atomic E-state index is 0.216. The SMILES string of the molecule is COC(=O)C(N)(CSc1nnnn1C1CCCC1)C1CC1. The van der Waals surface area contributed by atoms with E-state index < -0.39 is 5.54 Å². The van der Waals surface area contributed by atoms with Crippen molar-refractivity contribution in [1.82, 2.24) is 20.2 Å². The Kier molecular flexibility index (Phi) is 4.17. The summed E-state index contributed by atoms with van der Waals surface area (Å²) in [6.07, 6.45) is 6.65. The van der Waals surface area contributed by atoms with Crippen molar-refractivity contribution in [2.45, 2.75) is 55.3 Å². The van der Waals surface area contributed by atoms with Gasteiger partial charge in [0.1, 0.15) is 5.54 Å². The maximum Gasteiger partial charge on any atom is 0.327 e. The highest BCUT2D eigenvalue weighted by molar-refractivity contribution is 7.99. The summed E-state index contributed by atoms with van der Waals surface area (Å²) in [5.74, 6) is 0.336. The van der Waals surface area contributed by atoms with Crippen LogP contribution in [0.2, 0.25) is 0 Å². The molecule has 0 aliphatic heterocycles. The first-order valence-electron chi connectivity index (χ1n) is 7.43. The predicted molar refractivity (Wildman–Crippen MR) is 77.7 cm³/mol. The number of carbonyl (C=O) groups excluding carboxylic acids is 1. The van der Waals surface area contributed by atoms with E-state index in [1.807, 2.05) is 4.68 Å². The number of aromatic nitrogens is 4. The fraction of sp³-hybridized carbons (Fsp3) is 0.846. The molecule has 116 valence electrons.